The number of H-pyrrole nitrogens is 2. The van der Waals surface area contributed by atoms with Crippen LogP contribution in [0, 0.1) is 26.3 Å². The standard InChI is InChI=1S/C13H19I2N3O2.C3H2I2N2/c1-7-5-13(12(2,3)4,18(6-7)11(19)20)10-16-8(14)9(15)17-10;4-2-1-6-3(5)7-2/h7H,5-6H2,1-4H3,(H,16,17)(H,19,20);1H,(H,6,7)/t7-,13+;/m0./s1. The maximum atomic E-state index is 11.8. The van der Waals surface area contributed by atoms with Gasteiger partial charge in [-0.15, -0.1) is 0 Å². The van der Waals surface area contributed by atoms with Crippen LogP contribution in [0.15, 0.2) is 6.20 Å². The number of halogens is 4. The van der Waals surface area contributed by atoms with Crippen LogP contribution in [0.1, 0.15) is 39.9 Å². The molecule has 1 aliphatic rings. The minimum Gasteiger partial charge on any atom is -0.465 e. The van der Waals surface area contributed by atoms with Gasteiger partial charge in [-0.2, -0.15) is 0 Å². The summed E-state index contributed by atoms with van der Waals surface area (Å²) in [4.78, 5) is 28.2. The first kappa shape index (κ1) is 23.9. The summed E-state index contributed by atoms with van der Waals surface area (Å²) in [6, 6.07) is 0. The number of imidazole rings is 2. The Labute approximate surface area is 213 Å². The van der Waals surface area contributed by atoms with Crippen LogP contribution in [0.3, 0.4) is 0 Å². The first-order valence-corrected chi connectivity index (χ1v) is 12.5. The van der Waals surface area contributed by atoms with Gasteiger partial charge >= 0.3 is 6.09 Å². The summed E-state index contributed by atoms with van der Waals surface area (Å²) in [5.74, 6) is 1.09. The lowest BCUT2D eigenvalue weighted by molar-refractivity contribution is 0.0214. The third-order valence-corrected chi connectivity index (χ3v) is 8.28. The van der Waals surface area contributed by atoms with Crippen LogP contribution >= 0.6 is 90.4 Å². The Morgan fingerprint density at radius 2 is 1.93 bits per heavy atom. The SMILES string of the molecule is C[C@@H]1CN(C(=O)O)[C@](c2nc(I)c(I)[nH]2)(C(C)(C)C)C1.Ic1cnc(I)[nH]1. The zero-order chi connectivity index (χ0) is 20.6. The highest BCUT2D eigenvalue weighted by atomic mass is 127. The predicted molar refractivity (Wildman–Crippen MR) is 138 cm³/mol. The normalized spacial score (nSPS) is 22.5. The summed E-state index contributed by atoms with van der Waals surface area (Å²) in [7, 11) is 0. The molecule has 0 unspecified atom stereocenters. The Balaban J connectivity index is 0.000000313. The van der Waals surface area contributed by atoms with Gasteiger partial charge in [0.2, 0.25) is 0 Å². The summed E-state index contributed by atoms with van der Waals surface area (Å²) in [5, 5.41) is 9.65. The molecule has 0 spiro atoms. The highest BCUT2D eigenvalue weighted by Gasteiger charge is 2.57. The summed E-state index contributed by atoms with van der Waals surface area (Å²) in [5.41, 5.74) is -0.832. The van der Waals surface area contributed by atoms with E-state index in [1.54, 1.807) is 11.1 Å². The molecule has 0 saturated carbocycles. The molecule has 0 aromatic carbocycles. The summed E-state index contributed by atoms with van der Waals surface area (Å²) in [6.07, 6.45) is 1.72. The molecule has 11 heteroatoms. The van der Waals surface area contributed by atoms with Crippen LogP contribution in [-0.4, -0.2) is 42.6 Å². The van der Waals surface area contributed by atoms with Gasteiger partial charge in [0, 0.05) is 6.54 Å². The van der Waals surface area contributed by atoms with Gasteiger partial charge in [-0.3, -0.25) is 4.90 Å². The molecule has 2 atom stereocenters. The van der Waals surface area contributed by atoms with E-state index < -0.39 is 11.6 Å². The van der Waals surface area contributed by atoms with Crippen molar-refractivity contribution in [3.05, 3.63) is 27.0 Å². The van der Waals surface area contributed by atoms with Crippen molar-refractivity contribution in [2.45, 2.75) is 39.7 Å². The molecule has 3 heterocycles. The number of aromatic amines is 2. The molecule has 0 bridgehead atoms. The number of nitrogens with zero attached hydrogens (tertiary/aromatic N) is 3. The van der Waals surface area contributed by atoms with E-state index in [9.17, 15) is 9.90 Å². The minimum atomic E-state index is -0.870. The second-order valence-corrected chi connectivity index (χ2v) is 11.8. The topological polar surface area (TPSA) is 97.9 Å². The summed E-state index contributed by atoms with van der Waals surface area (Å²) >= 11 is 8.69. The van der Waals surface area contributed by atoms with Crippen LogP contribution in [0.2, 0.25) is 0 Å². The van der Waals surface area contributed by atoms with E-state index in [1.165, 1.54) is 0 Å². The molecule has 27 heavy (non-hydrogen) atoms. The highest BCUT2D eigenvalue weighted by Crippen LogP contribution is 2.52. The number of hydrogen-bond acceptors (Lipinski definition) is 3. The Morgan fingerprint density at radius 1 is 1.30 bits per heavy atom. The van der Waals surface area contributed by atoms with Crippen molar-refractivity contribution >= 4 is 96.5 Å². The number of carboxylic acid groups (broad SMARTS) is 1. The van der Waals surface area contributed by atoms with Gasteiger partial charge in [0.1, 0.15) is 18.8 Å². The second-order valence-electron chi connectivity index (χ2n) is 7.52. The highest BCUT2D eigenvalue weighted by molar-refractivity contribution is 14.1. The number of nitrogens with one attached hydrogen (secondary N) is 2. The van der Waals surface area contributed by atoms with Crippen molar-refractivity contribution in [3.63, 3.8) is 0 Å². The third-order valence-electron chi connectivity index (χ3n) is 4.60. The lowest BCUT2D eigenvalue weighted by Crippen LogP contribution is -2.53. The molecule has 1 amide bonds. The second kappa shape index (κ2) is 9.18. The average molecular weight is 823 g/mol. The summed E-state index contributed by atoms with van der Waals surface area (Å²) < 4.78 is 3.89. The number of likely N-dealkylation sites (tertiary alicyclic amines) is 1. The van der Waals surface area contributed by atoms with Gasteiger partial charge in [0.05, 0.1) is 9.90 Å². The van der Waals surface area contributed by atoms with Crippen LogP contribution < -0.4 is 0 Å². The van der Waals surface area contributed by atoms with E-state index in [0.29, 0.717) is 12.5 Å². The zero-order valence-electron chi connectivity index (χ0n) is 15.3. The molecule has 1 fully saturated rings. The van der Waals surface area contributed by atoms with Crippen molar-refractivity contribution in [2.75, 3.05) is 6.54 Å². The van der Waals surface area contributed by atoms with Gasteiger partial charge < -0.3 is 15.1 Å². The van der Waals surface area contributed by atoms with Crippen molar-refractivity contribution in [1.29, 1.82) is 0 Å². The fourth-order valence-corrected chi connectivity index (χ4v) is 5.57. The largest absolute Gasteiger partial charge is 0.465 e. The van der Waals surface area contributed by atoms with Crippen LogP contribution in [0.5, 0.6) is 0 Å². The maximum Gasteiger partial charge on any atom is 0.408 e. The van der Waals surface area contributed by atoms with E-state index in [2.05, 4.69) is 138 Å². The molecule has 0 radical (unpaired) electrons. The molecule has 2 aromatic rings. The molecule has 7 nitrogen and oxygen atoms in total. The van der Waals surface area contributed by atoms with Crippen LogP contribution in [0.4, 0.5) is 4.79 Å². The lowest BCUT2D eigenvalue weighted by Gasteiger charge is -2.45. The minimum absolute atomic E-state index is 0.236. The van der Waals surface area contributed by atoms with Gasteiger partial charge in [0.15, 0.2) is 3.83 Å². The van der Waals surface area contributed by atoms with E-state index in [0.717, 1.165) is 27.2 Å². The smallest absolute Gasteiger partial charge is 0.408 e. The fourth-order valence-electron chi connectivity index (χ4n) is 3.48. The maximum absolute atomic E-state index is 11.8. The van der Waals surface area contributed by atoms with E-state index in [-0.39, 0.29) is 5.41 Å². The van der Waals surface area contributed by atoms with Gasteiger partial charge in [-0.05, 0) is 108 Å². The Morgan fingerprint density at radius 3 is 2.26 bits per heavy atom. The quantitative estimate of drug-likeness (QED) is 0.332. The Bertz CT molecular complexity index is 780. The summed E-state index contributed by atoms with van der Waals surface area (Å²) in [6.45, 7) is 8.92. The fraction of sp³-hybridized carbons (Fsp3) is 0.562. The number of hydrogen-bond donors (Lipinski definition) is 3. The van der Waals surface area contributed by atoms with E-state index in [4.69, 9.17) is 0 Å². The van der Waals surface area contributed by atoms with E-state index in [1.807, 2.05) is 0 Å². The third kappa shape index (κ3) is 5.21. The molecule has 3 N–H and O–H groups in total. The number of aromatic nitrogens is 4. The van der Waals surface area contributed by atoms with Crippen LogP contribution in [-0.2, 0) is 5.54 Å². The molecule has 3 rings (SSSR count). The van der Waals surface area contributed by atoms with Gasteiger partial charge in [0.25, 0.3) is 0 Å². The molecule has 1 aliphatic heterocycles. The average Bonchev–Trinajstić information content (AvgIpc) is 3.18. The number of amides is 1. The van der Waals surface area contributed by atoms with Gasteiger partial charge in [-0.25, -0.2) is 14.8 Å². The molecular weight excluding hydrogens is 802 g/mol. The van der Waals surface area contributed by atoms with Crippen molar-refractivity contribution in [1.82, 2.24) is 24.8 Å². The predicted octanol–water partition coefficient (Wildman–Crippen LogP) is 5.50. The van der Waals surface area contributed by atoms with Crippen LogP contribution in [0.25, 0.3) is 0 Å². The van der Waals surface area contributed by atoms with Gasteiger partial charge in [-0.1, -0.05) is 27.7 Å². The first-order valence-electron chi connectivity index (χ1n) is 8.16. The van der Waals surface area contributed by atoms with Crippen molar-refractivity contribution < 1.29 is 9.90 Å². The Hall–Kier alpha value is 0.610. The molecular formula is C16H21I4N5O2. The monoisotopic (exact) mass is 823 g/mol. The van der Waals surface area contributed by atoms with Crippen molar-refractivity contribution in [2.24, 2.45) is 11.3 Å². The first-order chi connectivity index (χ1) is 12.4. The zero-order valence-corrected chi connectivity index (χ0v) is 23.9. The molecule has 150 valence electrons. The van der Waals surface area contributed by atoms with Crippen molar-refractivity contribution in [3.8, 4) is 0 Å². The Kier molecular flexibility index (Phi) is 8.12. The van der Waals surface area contributed by atoms with E-state index >= 15 is 0 Å². The molecule has 2 aromatic heterocycles. The molecule has 0 aliphatic carbocycles. The number of carbonyl (C=O) groups is 1. The lowest BCUT2D eigenvalue weighted by atomic mass is 9.70. The molecule has 1 saturated heterocycles. The number of rotatable bonds is 1.